The minimum Gasteiger partial charge on any atom is -0.207 e. The average molecular weight is 660 g/mol. The van der Waals surface area contributed by atoms with Gasteiger partial charge in [0.05, 0.1) is 9.79 Å². The van der Waals surface area contributed by atoms with E-state index in [0.717, 1.165) is 11.1 Å². The molecule has 0 aromatic heterocycles. The van der Waals surface area contributed by atoms with Crippen LogP contribution in [0, 0.1) is 13.8 Å². The lowest BCUT2D eigenvalue weighted by Crippen LogP contribution is -2.33. The van der Waals surface area contributed by atoms with E-state index < -0.39 is 20.0 Å². The predicted octanol–water partition coefficient (Wildman–Crippen LogP) is 5.44. The lowest BCUT2D eigenvalue weighted by atomic mass is 10.2. The molecule has 196 valence electrons. The molecule has 0 aliphatic heterocycles. The van der Waals surface area contributed by atoms with E-state index in [1.54, 1.807) is 72.8 Å². The highest BCUT2D eigenvalue weighted by Gasteiger charge is 2.24. The highest BCUT2D eigenvalue weighted by atomic mass is 79.9. The van der Waals surface area contributed by atoms with Gasteiger partial charge in [0.1, 0.15) is 0 Å². The zero-order valence-corrected chi connectivity index (χ0v) is 25.2. The molecule has 0 bridgehead atoms. The molecule has 2 rings (SSSR count). The maximum atomic E-state index is 13.2. The number of nitrogens with zero attached hydrogens (tertiary/aromatic N) is 2. The third-order valence-corrected chi connectivity index (χ3v) is 9.67. The zero-order valence-electron chi connectivity index (χ0n) is 20.4. The van der Waals surface area contributed by atoms with Crippen LogP contribution in [0.1, 0.15) is 11.1 Å². The third kappa shape index (κ3) is 9.08. The van der Waals surface area contributed by atoms with Crippen molar-refractivity contribution in [3.8, 4) is 0 Å². The van der Waals surface area contributed by atoms with E-state index in [-0.39, 0.29) is 36.0 Å². The summed E-state index contributed by atoms with van der Waals surface area (Å²) in [6, 6.07) is 13.5. The summed E-state index contributed by atoms with van der Waals surface area (Å²) in [5.41, 5.74) is 1.95. The van der Waals surface area contributed by atoms with Crippen molar-refractivity contribution in [2.24, 2.45) is 0 Å². The molecule has 0 unspecified atom stereocenters. The van der Waals surface area contributed by atoms with E-state index in [1.165, 1.54) is 8.61 Å². The van der Waals surface area contributed by atoms with Crippen LogP contribution in [0.2, 0.25) is 0 Å². The maximum Gasteiger partial charge on any atom is 0.243 e. The minimum absolute atomic E-state index is 0.110. The van der Waals surface area contributed by atoms with Crippen LogP contribution in [0.3, 0.4) is 0 Å². The molecule has 0 spiro atoms. The van der Waals surface area contributed by atoms with Crippen LogP contribution in [-0.2, 0) is 20.0 Å². The molecule has 10 heteroatoms. The van der Waals surface area contributed by atoms with Crippen molar-refractivity contribution in [2.45, 2.75) is 23.6 Å². The van der Waals surface area contributed by atoms with Gasteiger partial charge in [-0.3, -0.25) is 0 Å². The van der Waals surface area contributed by atoms with E-state index in [2.05, 4.69) is 31.9 Å². The molecule has 2 aromatic rings. The molecule has 36 heavy (non-hydrogen) atoms. The van der Waals surface area contributed by atoms with Crippen LogP contribution in [-0.4, -0.2) is 62.3 Å². The van der Waals surface area contributed by atoms with Gasteiger partial charge in [-0.05, 0) is 38.1 Å². The van der Waals surface area contributed by atoms with Crippen molar-refractivity contribution in [1.82, 2.24) is 8.61 Å². The zero-order chi connectivity index (χ0) is 26.6. The van der Waals surface area contributed by atoms with Gasteiger partial charge in [-0.2, -0.15) is 8.61 Å². The molecule has 0 atom stereocenters. The summed E-state index contributed by atoms with van der Waals surface area (Å²) in [5.74, 6) is 0. The van der Waals surface area contributed by atoms with Gasteiger partial charge in [0.2, 0.25) is 20.0 Å². The molecule has 0 amide bonds. The number of sulfonamides is 2. The van der Waals surface area contributed by atoms with Crippen LogP contribution in [0.25, 0.3) is 0 Å². The first kappa shape index (κ1) is 30.7. The molecular weight excluding hydrogens is 628 g/mol. The number of hydrogen-bond acceptors (Lipinski definition) is 4. The number of hydrogen-bond donors (Lipinski definition) is 0. The third-order valence-electron chi connectivity index (χ3n) is 5.23. The monoisotopic (exact) mass is 658 g/mol. The largest absolute Gasteiger partial charge is 0.243 e. The van der Waals surface area contributed by atoms with Gasteiger partial charge in [0.15, 0.2) is 0 Å². The van der Waals surface area contributed by atoms with Crippen molar-refractivity contribution >= 4 is 51.9 Å². The molecule has 0 saturated carbocycles. The van der Waals surface area contributed by atoms with Crippen LogP contribution in [0.15, 0.2) is 94.8 Å². The molecule has 6 nitrogen and oxygen atoms in total. The Morgan fingerprint density at radius 3 is 1.11 bits per heavy atom. The van der Waals surface area contributed by atoms with Crippen molar-refractivity contribution in [3.63, 3.8) is 0 Å². The number of allylic oxidation sites excluding steroid dienone is 2. The maximum absolute atomic E-state index is 13.2. The van der Waals surface area contributed by atoms with E-state index in [9.17, 15) is 16.8 Å². The first-order valence-electron chi connectivity index (χ1n) is 11.3. The molecule has 0 heterocycles. The molecule has 0 N–H and O–H groups in total. The Hall–Kier alpha value is -1.56. The summed E-state index contributed by atoms with van der Waals surface area (Å²) in [4.78, 5) is 0.439. The fourth-order valence-corrected chi connectivity index (χ4v) is 6.37. The van der Waals surface area contributed by atoms with E-state index in [0.29, 0.717) is 10.7 Å². The Balaban J connectivity index is 2.24. The fourth-order valence-electron chi connectivity index (χ4n) is 3.15. The molecule has 0 saturated heterocycles. The normalized spacial score (nSPS) is 13.2. The second kappa shape index (κ2) is 15.0. The van der Waals surface area contributed by atoms with E-state index in [1.807, 2.05) is 26.0 Å². The number of rotatable bonds is 14. The molecule has 0 radical (unpaired) electrons. The Bertz CT molecular complexity index is 1160. The van der Waals surface area contributed by atoms with Crippen molar-refractivity contribution in [2.75, 3.05) is 36.8 Å². The molecule has 0 aliphatic rings. The quantitative estimate of drug-likeness (QED) is 0.200. The van der Waals surface area contributed by atoms with Crippen LogP contribution in [0.5, 0.6) is 0 Å². The smallest absolute Gasteiger partial charge is 0.207 e. The Kier molecular flexibility index (Phi) is 12.8. The predicted molar refractivity (Wildman–Crippen MR) is 155 cm³/mol. The Morgan fingerprint density at radius 2 is 0.833 bits per heavy atom. The van der Waals surface area contributed by atoms with Gasteiger partial charge in [-0.25, -0.2) is 16.8 Å². The van der Waals surface area contributed by atoms with Crippen LogP contribution in [0.4, 0.5) is 0 Å². The molecular formula is C26H32Br2N2O4S2. The molecule has 0 aliphatic carbocycles. The standard InChI is InChI=1S/C26H32Br2N2O4S2/c1-23-9-13-25(14-10-23)35(31,32)29(19-5-3-17-27)21-7-8-22-30(20-6-4-18-28)36(33,34)26-15-11-24(2)12-16-26/h3-16H,17-22H2,1-2H3/b5-3+,6-4+,8-7+. The van der Waals surface area contributed by atoms with Gasteiger partial charge < -0.3 is 0 Å². The van der Waals surface area contributed by atoms with Crippen molar-refractivity contribution in [1.29, 1.82) is 0 Å². The molecule has 0 fully saturated rings. The number of benzene rings is 2. The molecule has 2 aromatic carbocycles. The van der Waals surface area contributed by atoms with Crippen LogP contribution >= 0.6 is 31.9 Å². The van der Waals surface area contributed by atoms with Gasteiger partial charge in [-0.15, -0.1) is 0 Å². The lowest BCUT2D eigenvalue weighted by Gasteiger charge is -2.21. The number of halogens is 2. The Labute approximate surface area is 232 Å². The van der Waals surface area contributed by atoms with Crippen molar-refractivity contribution < 1.29 is 16.8 Å². The number of aryl methyl sites for hydroxylation is 2. The summed E-state index contributed by atoms with van der Waals surface area (Å²) in [6.45, 7) is 4.42. The summed E-state index contributed by atoms with van der Waals surface area (Å²) in [6.07, 6.45) is 10.6. The SMILES string of the molecule is Cc1ccc(S(=O)(=O)N(C/C=C/CBr)C/C=C/CN(C/C=C/CBr)S(=O)(=O)c2ccc(C)cc2)cc1. The summed E-state index contributed by atoms with van der Waals surface area (Å²) < 4.78 is 55.7. The van der Waals surface area contributed by atoms with Gasteiger partial charge >= 0.3 is 0 Å². The highest BCUT2D eigenvalue weighted by Crippen LogP contribution is 2.18. The lowest BCUT2D eigenvalue weighted by molar-refractivity contribution is 0.465. The second-order valence-corrected chi connectivity index (χ2v) is 13.2. The van der Waals surface area contributed by atoms with Crippen LogP contribution < -0.4 is 0 Å². The second-order valence-electron chi connectivity index (χ2n) is 7.99. The fraction of sp³-hybridized carbons (Fsp3) is 0.308. The van der Waals surface area contributed by atoms with Gasteiger partial charge in [-0.1, -0.05) is 104 Å². The minimum atomic E-state index is -3.72. The number of alkyl halides is 2. The summed E-state index contributed by atoms with van der Waals surface area (Å²) in [7, 11) is -7.45. The topological polar surface area (TPSA) is 74.8 Å². The van der Waals surface area contributed by atoms with E-state index in [4.69, 9.17) is 0 Å². The first-order valence-corrected chi connectivity index (χ1v) is 16.5. The van der Waals surface area contributed by atoms with Gasteiger partial charge in [0.25, 0.3) is 0 Å². The van der Waals surface area contributed by atoms with Crippen molar-refractivity contribution in [3.05, 3.63) is 96.1 Å². The summed E-state index contributed by atoms with van der Waals surface area (Å²) >= 11 is 6.62. The first-order chi connectivity index (χ1) is 17.1. The van der Waals surface area contributed by atoms with E-state index >= 15 is 0 Å². The summed E-state index contributed by atoms with van der Waals surface area (Å²) in [5, 5.41) is 1.24. The average Bonchev–Trinajstić information content (AvgIpc) is 2.84. The Morgan fingerprint density at radius 1 is 0.556 bits per heavy atom. The van der Waals surface area contributed by atoms with Gasteiger partial charge in [0, 0.05) is 36.8 Å². The highest BCUT2D eigenvalue weighted by molar-refractivity contribution is 9.09.